The van der Waals surface area contributed by atoms with Gasteiger partial charge in [-0.1, -0.05) is 26.0 Å². The van der Waals surface area contributed by atoms with Crippen molar-refractivity contribution in [1.82, 2.24) is 14.8 Å². The summed E-state index contributed by atoms with van der Waals surface area (Å²) < 4.78 is 0. The standard InChI is InChI=1S/C17H27N3/c1-4-20(5-2)17-10-12-19(14-17)11-6-7-16-9-8-15(3)13-18-16/h6-9,13,17H,4-5,10-12,14H2,1-3H3/b7-6+. The number of hydrogen-bond acceptors (Lipinski definition) is 3. The summed E-state index contributed by atoms with van der Waals surface area (Å²) in [5.74, 6) is 0. The van der Waals surface area contributed by atoms with Gasteiger partial charge in [-0.25, -0.2) is 0 Å². The van der Waals surface area contributed by atoms with Crippen molar-refractivity contribution in [2.75, 3.05) is 32.7 Å². The maximum atomic E-state index is 4.40. The fourth-order valence-corrected chi connectivity index (χ4v) is 2.92. The number of nitrogens with zero attached hydrogens (tertiary/aromatic N) is 3. The van der Waals surface area contributed by atoms with Crippen LogP contribution in [0.2, 0.25) is 0 Å². The molecule has 0 radical (unpaired) electrons. The molecule has 110 valence electrons. The molecule has 0 spiro atoms. The third kappa shape index (κ3) is 4.15. The van der Waals surface area contributed by atoms with Gasteiger partial charge < -0.3 is 0 Å². The molecule has 1 aromatic rings. The van der Waals surface area contributed by atoms with E-state index in [-0.39, 0.29) is 0 Å². The van der Waals surface area contributed by atoms with Gasteiger partial charge in [-0.15, -0.1) is 0 Å². The molecule has 1 aliphatic rings. The normalized spacial score (nSPS) is 20.3. The molecule has 1 saturated heterocycles. The molecule has 3 nitrogen and oxygen atoms in total. The Labute approximate surface area is 123 Å². The Morgan fingerprint density at radius 1 is 1.35 bits per heavy atom. The number of rotatable bonds is 6. The van der Waals surface area contributed by atoms with Crippen LogP contribution in [0.5, 0.6) is 0 Å². The SMILES string of the molecule is CCN(CC)C1CCN(C/C=C/c2ccc(C)cn2)C1. The van der Waals surface area contributed by atoms with Crippen molar-refractivity contribution in [2.24, 2.45) is 0 Å². The van der Waals surface area contributed by atoms with E-state index in [4.69, 9.17) is 0 Å². The van der Waals surface area contributed by atoms with Crippen molar-refractivity contribution in [1.29, 1.82) is 0 Å². The molecule has 0 aromatic carbocycles. The molecule has 1 atom stereocenters. The molecule has 3 heteroatoms. The topological polar surface area (TPSA) is 19.4 Å². The van der Waals surface area contributed by atoms with Gasteiger partial charge in [0.25, 0.3) is 0 Å². The van der Waals surface area contributed by atoms with Gasteiger partial charge in [-0.3, -0.25) is 14.8 Å². The lowest BCUT2D eigenvalue weighted by Crippen LogP contribution is -2.37. The first kappa shape index (κ1) is 15.2. The van der Waals surface area contributed by atoms with E-state index in [0.717, 1.165) is 31.4 Å². The van der Waals surface area contributed by atoms with Crippen LogP contribution in [-0.2, 0) is 0 Å². The second kappa shape index (κ2) is 7.55. The van der Waals surface area contributed by atoms with Gasteiger partial charge in [0.1, 0.15) is 0 Å². The zero-order valence-corrected chi connectivity index (χ0v) is 13.0. The summed E-state index contributed by atoms with van der Waals surface area (Å²) in [6.45, 7) is 12.4. The van der Waals surface area contributed by atoms with Crippen LogP contribution < -0.4 is 0 Å². The molecule has 0 amide bonds. The molecule has 1 unspecified atom stereocenters. The fraction of sp³-hybridized carbons (Fsp3) is 0.588. The van der Waals surface area contributed by atoms with Gasteiger partial charge in [-0.2, -0.15) is 0 Å². The first-order valence-corrected chi connectivity index (χ1v) is 7.78. The highest BCUT2D eigenvalue weighted by Crippen LogP contribution is 2.15. The predicted octanol–water partition coefficient (Wildman–Crippen LogP) is 2.82. The first-order chi connectivity index (χ1) is 9.72. The maximum absolute atomic E-state index is 4.40. The molecular formula is C17H27N3. The van der Waals surface area contributed by atoms with Crippen LogP contribution in [0.15, 0.2) is 24.4 Å². The van der Waals surface area contributed by atoms with Gasteiger partial charge >= 0.3 is 0 Å². The quantitative estimate of drug-likeness (QED) is 0.794. The molecule has 2 heterocycles. The van der Waals surface area contributed by atoms with E-state index in [9.17, 15) is 0 Å². The van der Waals surface area contributed by atoms with Gasteiger partial charge in [0.2, 0.25) is 0 Å². The highest BCUT2D eigenvalue weighted by atomic mass is 15.2. The van der Waals surface area contributed by atoms with Gasteiger partial charge in [0.15, 0.2) is 0 Å². The van der Waals surface area contributed by atoms with Crippen LogP contribution in [0.3, 0.4) is 0 Å². The zero-order valence-electron chi connectivity index (χ0n) is 13.0. The Morgan fingerprint density at radius 2 is 2.15 bits per heavy atom. The number of likely N-dealkylation sites (N-methyl/N-ethyl adjacent to an activating group) is 1. The van der Waals surface area contributed by atoms with Crippen molar-refractivity contribution >= 4 is 6.08 Å². The van der Waals surface area contributed by atoms with Crippen molar-refractivity contribution in [3.63, 3.8) is 0 Å². The molecule has 2 rings (SSSR count). The van der Waals surface area contributed by atoms with Crippen molar-refractivity contribution in [2.45, 2.75) is 33.2 Å². The first-order valence-electron chi connectivity index (χ1n) is 7.78. The Bertz CT molecular complexity index is 420. The maximum Gasteiger partial charge on any atom is 0.0627 e. The van der Waals surface area contributed by atoms with Crippen LogP contribution in [0.1, 0.15) is 31.5 Å². The lowest BCUT2D eigenvalue weighted by Gasteiger charge is -2.25. The summed E-state index contributed by atoms with van der Waals surface area (Å²) in [5.41, 5.74) is 2.26. The number of aromatic nitrogens is 1. The number of aryl methyl sites for hydroxylation is 1. The smallest absolute Gasteiger partial charge is 0.0627 e. The lowest BCUT2D eigenvalue weighted by atomic mass is 10.2. The highest BCUT2D eigenvalue weighted by Gasteiger charge is 2.24. The zero-order chi connectivity index (χ0) is 14.4. The van der Waals surface area contributed by atoms with E-state index in [1.54, 1.807) is 0 Å². The third-order valence-electron chi connectivity index (χ3n) is 4.16. The average Bonchev–Trinajstić information content (AvgIpc) is 2.91. The fourth-order valence-electron chi connectivity index (χ4n) is 2.92. The second-order valence-electron chi connectivity index (χ2n) is 5.59. The number of pyridine rings is 1. The highest BCUT2D eigenvalue weighted by molar-refractivity contribution is 5.44. The summed E-state index contributed by atoms with van der Waals surface area (Å²) >= 11 is 0. The van der Waals surface area contributed by atoms with Gasteiger partial charge in [0, 0.05) is 31.9 Å². The molecular weight excluding hydrogens is 246 g/mol. The Balaban J connectivity index is 1.79. The van der Waals surface area contributed by atoms with Crippen molar-refractivity contribution in [3.05, 3.63) is 35.7 Å². The van der Waals surface area contributed by atoms with Crippen molar-refractivity contribution in [3.8, 4) is 0 Å². The predicted molar refractivity (Wildman–Crippen MR) is 85.8 cm³/mol. The van der Waals surface area contributed by atoms with E-state index >= 15 is 0 Å². The minimum absolute atomic E-state index is 0.746. The number of hydrogen-bond donors (Lipinski definition) is 0. The summed E-state index contributed by atoms with van der Waals surface area (Å²) in [4.78, 5) is 9.51. The summed E-state index contributed by atoms with van der Waals surface area (Å²) in [6.07, 6.45) is 7.59. The molecule has 1 aliphatic heterocycles. The molecule has 0 aliphatic carbocycles. The minimum atomic E-state index is 0.746. The van der Waals surface area contributed by atoms with Crippen LogP contribution in [-0.4, -0.2) is 53.5 Å². The molecule has 0 bridgehead atoms. The molecule has 1 fully saturated rings. The Kier molecular flexibility index (Phi) is 5.74. The molecule has 0 saturated carbocycles. The monoisotopic (exact) mass is 273 g/mol. The van der Waals surface area contributed by atoms with E-state index < -0.39 is 0 Å². The molecule has 1 aromatic heterocycles. The van der Waals surface area contributed by atoms with E-state index in [1.165, 1.54) is 25.1 Å². The van der Waals surface area contributed by atoms with Gasteiger partial charge in [0.05, 0.1) is 5.69 Å². The molecule has 20 heavy (non-hydrogen) atoms. The van der Waals surface area contributed by atoms with E-state index in [0.29, 0.717) is 0 Å². The summed E-state index contributed by atoms with van der Waals surface area (Å²) in [5, 5.41) is 0. The molecule has 0 N–H and O–H groups in total. The summed E-state index contributed by atoms with van der Waals surface area (Å²) in [7, 11) is 0. The van der Waals surface area contributed by atoms with Gasteiger partial charge in [-0.05, 0) is 44.1 Å². The average molecular weight is 273 g/mol. The summed E-state index contributed by atoms with van der Waals surface area (Å²) in [6, 6.07) is 4.93. The van der Waals surface area contributed by atoms with Crippen LogP contribution in [0, 0.1) is 6.92 Å². The second-order valence-corrected chi connectivity index (χ2v) is 5.59. The van der Waals surface area contributed by atoms with E-state index in [1.807, 2.05) is 6.20 Å². The van der Waals surface area contributed by atoms with Crippen LogP contribution in [0.25, 0.3) is 6.08 Å². The lowest BCUT2D eigenvalue weighted by molar-refractivity contribution is 0.215. The van der Waals surface area contributed by atoms with Crippen molar-refractivity contribution < 1.29 is 0 Å². The minimum Gasteiger partial charge on any atom is -0.300 e. The number of likely N-dealkylation sites (tertiary alicyclic amines) is 1. The Morgan fingerprint density at radius 3 is 2.80 bits per heavy atom. The Hall–Kier alpha value is -1.19. The van der Waals surface area contributed by atoms with Crippen LogP contribution >= 0.6 is 0 Å². The largest absolute Gasteiger partial charge is 0.300 e. The third-order valence-corrected chi connectivity index (χ3v) is 4.16. The van der Waals surface area contributed by atoms with E-state index in [2.05, 4.69) is 59.8 Å². The van der Waals surface area contributed by atoms with Crippen LogP contribution in [0.4, 0.5) is 0 Å².